The highest BCUT2D eigenvalue weighted by molar-refractivity contribution is 7.15. The molecule has 1 amide bonds. The number of pyridine rings is 1. The van der Waals surface area contributed by atoms with Crippen molar-refractivity contribution < 1.29 is 4.79 Å². The van der Waals surface area contributed by atoms with E-state index in [1.165, 1.54) is 17.7 Å². The highest BCUT2D eigenvalue weighted by Gasteiger charge is 2.23. The second-order valence-corrected chi connectivity index (χ2v) is 7.21. The molecule has 6 heteroatoms. The largest absolute Gasteiger partial charge is 0.362 e. The number of hydrogen-bond donors (Lipinski definition) is 1. The molecule has 0 fully saturated rings. The first-order valence-electron chi connectivity index (χ1n) is 8.00. The third-order valence-electron chi connectivity index (χ3n) is 4.29. The van der Waals surface area contributed by atoms with Crippen molar-refractivity contribution in [1.82, 2.24) is 9.97 Å². The van der Waals surface area contributed by atoms with E-state index in [9.17, 15) is 4.79 Å². The van der Waals surface area contributed by atoms with Gasteiger partial charge in [0.15, 0.2) is 5.13 Å². The maximum absolute atomic E-state index is 12.6. The number of thiazole rings is 1. The Morgan fingerprint density at radius 3 is 3.04 bits per heavy atom. The quantitative estimate of drug-likeness (QED) is 0.934. The topological polar surface area (TPSA) is 58.1 Å². The molecule has 1 aliphatic carbocycles. The first-order chi connectivity index (χ1) is 11.1. The van der Waals surface area contributed by atoms with E-state index in [2.05, 4.69) is 22.2 Å². The summed E-state index contributed by atoms with van der Waals surface area (Å²) in [6.45, 7) is 2.24. The van der Waals surface area contributed by atoms with Crippen molar-refractivity contribution >= 4 is 28.2 Å². The zero-order valence-corrected chi connectivity index (χ0v) is 14.6. The van der Waals surface area contributed by atoms with Crippen LogP contribution < -0.4 is 10.2 Å². The Kier molecular flexibility index (Phi) is 4.61. The summed E-state index contributed by atoms with van der Waals surface area (Å²) in [5, 5.41) is 3.64. The van der Waals surface area contributed by atoms with Crippen LogP contribution in [-0.2, 0) is 12.8 Å². The maximum Gasteiger partial charge on any atom is 0.261 e. The standard InChI is InChI=1S/C17H22N4OS/c1-4-11-7-8-13-14(10-11)23-17(19-13)20-16(22)12-6-5-9-18-15(12)21(2)3/h5-6,9,11H,4,7-8,10H2,1-3H3,(H,19,20,22)/t11-/m0/s1. The van der Waals surface area contributed by atoms with Crippen molar-refractivity contribution in [2.75, 3.05) is 24.3 Å². The molecule has 2 aromatic rings. The normalized spacial score (nSPS) is 16.7. The van der Waals surface area contributed by atoms with Crippen LogP contribution in [0.3, 0.4) is 0 Å². The third-order valence-corrected chi connectivity index (χ3v) is 5.33. The molecule has 0 radical (unpaired) electrons. The van der Waals surface area contributed by atoms with Gasteiger partial charge in [0.2, 0.25) is 0 Å². The number of carbonyl (C=O) groups is 1. The van der Waals surface area contributed by atoms with Gasteiger partial charge in [0.1, 0.15) is 5.82 Å². The fourth-order valence-corrected chi connectivity index (χ4v) is 4.06. The second kappa shape index (κ2) is 6.66. The van der Waals surface area contributed by atoms with Crippen LogP contribution in [0.4, 0.5) is 10.9 Å². The van der Waals surface area contributed by atoms with Gasteiger partial charge in [-0.2, -0.15) is 0 Å². The number of carbonyl (C=O) groups excluding carboxylic acids is 1. The Morgan fingerprint density at radius 2 is 2.30 bits per heavy atom. The molecule has 0 aromatic carbocycles. The SMILES string of the molecule is CC[C@H]1CCc2nc(NC(=O)c3cccnc3N(C)C)sc2C1. The van der Waals surface area contributed by atoms with Crippen LogP contribution in [0.15, 0.2) is 18.3 Å². The minimum Gasteiger partial charge on any atom is -0.362 e. The fraction of sp³-hybridized carbons (Fsp3) is 0.471. The van der Waals surface area contributed by atoms with Gasteiger partial charge in [0.05, 0.1) is 11.3 Å². The van der Waals surface area contributed by atoms with Gasteiger partial charge in [-0.1, -0.05) is 13.3 Å². The summed E-state index contributed by atoms with van der Waals surface area (Å²) in [6.07, 6.45) is 6.22. The molecule has 122 valence electrons. The third kappa shape index (κ3) is 3.37. The van der Waals surface area contributed by atoms with Crippen LogP contribution in [0, 0.1) is 5.92 Å². The number of nitrogens with zero attached hydrogens (tertiary/aromatic N) is 3. The number of aryl methyl sites for hydroxylation is 1. The molecule has 5 nitrogen and oxygen atoms in total. The molecule has 0 unspecified atom stereocenters. The Bertz CT molecular complexity index is 710. The van der Waals surface area contributed by atoms with Crippen LogP contribution in [-0.4, -0.2) is 30.0 Å². The number of fused-ring (bicyclic) bond motifs is 1. The Morgan fingerprint density at radius 1 is 1.48 bits per heavy atom. The smallest absolute Gasteiger partial charge is 0.261 e. The molecular formula is C17H22N4OS. The van der Waals surface area contributed by atoms with Gasteiger partial charge in [-0.15, -0.1) is 11.3 Å². The first-order valence-corrected chi connectivity index (χ1v) is 8.82. The van der Waals surface area contributed by atoms with Gasteiger partial charge >= 0.3 is 0 Å². The van der Waals surface area contributed by atoms with Crippen LogP contribution in [0.1, 0.15) is 40.7 Å². The van der Waals surface area contributed by atoms with E-state index in [4.69, 9.17) is 0 Å². The van der Waals surface area contributed by atoms with Gasteiger partial charge in [-0.25, -0.2) is 9.97 Å². The molecule has 2 heterocycles. The number of aromatic nitrogens is 2. The van der Waals surface area contributed by atoms with Crippen molar-refractivity contribution in [3.05, 3.63) is 34.5 Å². The molecule has 0 saturated heterocycles. The molecule has 1 N–H and O–H groups in total. The van der Waals surface area contributed by atoms with Gasteiger partial charge in [-0.05, 0) is 37.3 Å². The van der Waals surface area contributed by atoms with Crippen LogP contribution in [0.25, 0.3) is 0 Å². The van der Waals surface area contributed by atoms with Crippen LogP contribution >= 0.6 is 11.3 Å². The number of anilines is 2. The number of nitrogens with one attached hydrogen (secondary N) is 1. The fourth-order valence-electron chi connectivity index (χ4n) is 2.94. The summed E-state index contributed by atoms with van der Waals surface area (Å²) >= 11 is 1.61. The van der Waals surface area contributed by atoms with Crippen molar-refractivity contribution in [2.45, 2.75) is 32.6 Å². The predicted octanol–water partition coefficient (Wildman–Crippen LogP) is 3.37. The lowest BCUT2D eigenvalue weighted by Crippen LogP contribution is -2.19. The van der Waals surface area contributed by atoms with Crippen LogP contribution in [0.2, 0.25) is 0 Å². The van der Waals surface area contributed by atoms with Gasteiger partial charge in [0, 0.05) is 25.2 Å². The van der Waals surface area contributed by atoms with Gasteiger partial charge < -0.3 is 4.90 Å². The minimum absolute atomic E-state index is 0.153. The molecule has 2 aromatic heterocycles. The molecule has 1 atom stereocenters. The zero-order valence-electron chi connectivity index (χ0n) is 13.8. The molecule has 0 saturated carbocycles. The molecule has 0 aliphatic heterocycles. The molecule has 0 spiro atoms. The summed E-state index contributed by atoms with van der Waals surface area (Å²) in [5.41, 5.74) is 1.73. The molecular weight excluding hydrogens is 308 g/mol. The second-order valence-electron chi connectivity index (χ2n) is 6.13. The van der Waals surface area contributed by atoms with Crippen molar-refractivity contribution in [1.29, 1.82) is 0 Å². The average molecular weight is 330 g/mol. The summed E-state index contributed by atoms with van der Waals surface area (Å²) in [5.74, 6) is 1.27. The maximum atomic E-state index is 12.6. The van der Waals surface area contributed by atoms with Crippen molar-refractivity contribution in [3.63, 3.8) is 0 Å². The lowest BCUT2D eigenvalue weighted by molar-refractivity contribution is 0.102. The average Bonchev–Trinajstić information content (AvgIpc) is 2.95. The van der Waals surface area contributed by atoms with Gasteiger partial charge in [-0.3, -0.25) is 10.1 Å². The molecule has 3 rings (SSSR count). The predicted molar refractivity (Wildman–Crippen MR) is 94.4 cm³/mol. The van der Waals surface area contributed by atoms with Gasteiger partial charge in [0.25, 0.3) is 5.91 Å². The van der Waals surface area contributed by atoms with Crippen LogP contribution in [0.5, 0.6) is 0 Å². The lowest BCUT2D eigenvalue weighted by atomic mass is 9.89. The molecule has 0 bridgehead atoms. The Balaban J connectivity index is 1.78. The number of hydrogen-bond acceptors (Lipinski definition) is 5. The summed E-state index contributed by atoms with van der Waals surface area (Å²) in [4.78, 5) is 24.6. The van der Waals surface area contributed by atoms with Crippen molar-refractivity contribution in [3.8, 4) is 0 Å². The summed E-state index contributed by atoms with van der Waals surface area (Å²) in [6, 6.07) is 3.57. The molecule has 23 heavy (non-hydrogen) atoms. The monoisotopic (exact) mass is 330 g/mol. The Labute approximate surface area is 140 Å². The van der Waals surface area contributed by atoms with E-state index < -0.39 is 0 Å². The minimum atomic E-state index is -0.153. The number of rotatable bonds is 4. The number of amides is 1. The van der Waals surface area contributed by atoms with Crippen molar-refractivity contribution in [2.24, 2.45) is 5.92 Å². The van der Waals surface area contributed by atoms with E-state index >= 15 is 0 Å². The van der Waals surface area contributed by atoms with E-state index in [0.717, 1.165) is 24.5 Å². The summed E-state index contributed by atoms with van der Waals surface area (Å²) < 4.78 is 0. The molecule has 1 aliphatic rings. The highest BCUT2D eigenvalue weighted by atomic mass is 32.1. The van der Waals surface area contributed by atoms with E-state index in [-0.39, 0.29) is 5.91 Å². The Hall–Kier alpha value is -1.95. The van der Waals surface area contributed by atoms with E-state index in [0.29, 0.717) is 16.5 Å². The van der Waals surface area contributed by atoms with E-state index in [1.807, 2.05) is 19.0 Å². The first kappa shape index (κ1) is 15.9. The summed E-state index contributed by atoms with van der Waals surface area (Å²) in [7, 11) is 3.76. The highest BCUT2D eigenvalue weighted by Crippen LogP contribution is 2.33. The van der Waals surface area contributed by atoms with E-state index in [1.54, 1.807) is 29.7 Å². The zero-order chi connectivity index (χ0) is 16.4. The lowest BCUT2D eigenvalue weighted by Gasteiger charge is -2.18.